The van der Waals surface area contributed by atoms with E-state index in [1.165, 1.54) is 6.92 Å². The van der Waals surface area contributed by atoms with Gasteiger partial charge in [-0.05, 0) is 26.2 Å². The van der Waals surface area contributed by atoms with Crippen LogP contribution in [0.1, 0.15) is 50.7 Å². The van der Waals surface area contributed by atoms with Crippen LogP contribution >= 0.6 is 0 Å². The highest BCUT2D eigenvalue weighted by Crippen LogP contribution is 2.25. The Balaban J connectivity index is 2.07. The molecule has 1 aromatic heterocycles. The lowest BCUT2D eigenvalue weighted by atomic mass is 9.97. The lowest BCUT2D eigenvalue weighted by molar-refractivity contribution is -0.131. The molecule has 22 heavy (non-hydrogen) atoms. The molecule has 1 fully saturated rings. The predicted molar refractivity (Wildman–Crippen MR) is 81.1 cm³/mol. The molecule has 0 bridgehead atoms. The Labute approximate surface area is 131 Å². The van der Waals surface area contributed by atoms with Crippen molar-refractivity contribution in [2.45, 2.75) is 51.2 Å². The molecule has 0 spiro atoms. The highest BCUT2D eigenvalue weighted by atomic mass is 32.2. The van der Waals surface area contributed by atoms with Crippen molar-refractivity contribution < 1.29 is 17.7 Å². The highest BCUT2D eigenvalue weighted by Gasteiger charge is 2.34. The second kappa shape index (κ2) is 6.76. The maximum Gasteiger partial charge on any atom is 0.240 e. The summed E-state index contributed by atoms with van der Waals surface area (Å²) in [5.74, 6) is 0.826. The molecule has 0 N–H and O–H groups in total. The largest absolute Gasteiger partial charge is 0.341 e. The fraction of sp³-hybridized carbons (Fsp3) is 0.786. The van der Waals surface area contributed by atoms with Crippen LogP contribution in [0.2, 0.25) is 0 Å². The second-order valence-electron chi connectivity index (χ2n) is 5.80. The topological polar surface area (TPSA) is 93.4 Å². The number of carbonyl (C=O) groups excluding carboxylic acids is 1. The molecular weight excluding hydrogens is 306 g/mol. The maximum absolute atomic E-state index is 12.5. The third-order valence-electron chi connectivity index (χ3n) is 4.02. The number of piperidine rings is 1. The van der Waals surface area contributed by atoms with Crippen LogP contribution < -0.4 is 0 Å². The zero-order chi connectivity index (χ0) is 16.3. The van der Waals surface area contributed by atoms with Crippen LogP contribution in [0.25, 0.3) is 0 Å². The van der Waals surface area contributed by atoms with Crippen molar-refractivity contribution in [2.75, 3.05) is 18.8 Å². The average molecular weight is 329 g/mol. The van der Waals surface area contributed by atoms with E-state index in [-0.39, 0.29) is 17.6 Å². The van der Waals surface area contributed by atoms with Crippen molar-refractivity contribution in [3.8, 4) is 0 Å². The van der Waals surface area contributed by atoms with Gasteiger partial charge in [0.05, 0.1) is 5.75 Å². The number of aromatic nitrogens is 2. The summed E-state index contributed by atoms with van der Waals surface area (Å²) in [7, 11) is -3.38. The van der Waals surface area contributed by atoms with Gasteiger partial charge >= 0.3 is 0 Å². The van der Waals surface area contributed by atoms with Crippen LogP contribution in [0.5, 0.6) is 0 Å². The van der Waals surface area contributed by atoms with Crippen molar-refractivity contribution in [1.29, 1.82) is 0 Å². The van der Waals surface area contributed by atoms with Crippen molar-refractivity contribution >= 4 is 15.7 Å². The van der Waals surface area contributed by atoms with E-state index in [1.807, 2.05) is 0 Å². The number of aryl methyl sites for hydroxylation is 1. The van der Waals surface area contributed by atoms with Gasteiger partial charge in [0.25, 0.3) is 0 Å². The summed E-state index contributed by atoms with van der Waals surface area (Å²) in [5.41, 5.74) is 0. The standard InChI is InChI=1S/C14H23N3O4S/c1-4-8-22(19,20)10(2)14(18)17-7-5-6-12(9-17)13-15-11(3)21-16-13/h10,12H,4-9H2,1-3H3/t10-,12-/m0/s1. The third-order valence-corrected chi connectivity index (χ3v) is 6.27. The molecule has 1 aromatic rings. The van der Waals surface area contributed by atoms with Crippen molar-refractivity contribution in [3.63, 3.8) is 0 Å². The second-order valence-corrected chi connectivity index (χ2v) is 8.25. The first kappa shape index (κ1) is 16.9. The summed E-state index contributed by atoms with van der Waals surface area (Å²) in [6.45, 7) is 6.03. The van der Waals surface area contributed by atoms with Crippen molar-refractivity contribution in [1.82, 2.24) is 15.0 Å². The minimum atomic E-state index is -3.38. The fourth-order valence-electron chi connectivity index (χ4n) is 2.74. The molecular formula is C14H23N3O4S. The molecule has 2 heterocycles. The van der Waals surface area contributed by atoms with Crippen LogP contribution in [0.15, 0.2) is 4.52 Å². The summed E-state index contributed by atoms with van der Waals surface area (Å²) in [4.78, 5) is 18.3. The Morgan fingerprint density at radius 2 is 2.23 bits per heavy atom. The molecule has 1 saturated heterocycles. The van der Waals surface area contributed by atoms with E-state index < -0.39 is 15.1 Å². The highest BCUT2D eigenvalue weighted by molar-refractivity contribution is 7.92. The van der Waals surface area contributed by atoms with Gasteiger partial charge in [-0.3, -0.25) is 4.79 Å². The van der Waals surface area contributed by atoms with E-state index in [0.29, 0.717) is 31.2 Å². The number of hydrogen-bond donors (Lipinski definition) is 0. The molecule has 0 aromatic carbocycles. The summed E-state index contributed by atoms with van der Waals surface area (Å²) in [6.07, 6.45) is 2.20. The van der Waals surface area contributed by atoms with Gasteiger partial charge in [-0.25, -0.2) is 8.42 Å². The zero-order valence-electron chi connectivity index (χ0n) is 13.3. The van der Waals surface area contributed by atoms with E-state index in [4.69, 9.17) is 4.52 Å². The van der Waals surface area contributed by atoms with Crippen molar-refractivity contribution in [3.05, 3.63) is 11.7 Å². The van der Waals surface area contributed by atoms with Crippen LogP contribution in [0.4, 0.5) is 0 Å². The molecule has 124 valence electrons. The summed E-state index contributed by atoms with van der Waals surface area (Å²) < 4.78 is 29.2. The molecule has 1 aliphatic heterocycles. The van der Waals surface area contributed by atoms with Gasteiger partial charge in [0.2, 0.25) is 11.8 Å². The van der Waals surface area contributed by atoms with E-state index >= 15 is 0 Å². The molecule has 7 nitrogen and oxygen atoms in total. The molecule has 2 rings (SSSR count). The number of carbonyl (C=O) groups is 1. The predicted octanol–water partition coefficient (Wildman–Crippen LogP) is 1.30. The Morgan fingerprint density at radius 1 is 1.50 bits per heavy atom. The van der Waals surface area contributed by atoms with E-state index in [1.54, 1.807) is 18.7 Å². The molecule has 0 radical (unpaired) electrons. The van der Waals surface area contributed by atoms with Crippen LogP contribution in [-0.4, -0.2) is 53.5 Å². The first-order chi connectivity index (χ1) is 10.3. The molecule has 1 aliphatic rings. The number of sulfone groups is 1. The van der Waals surface area contributed by atoms with Crippen LogP contribution in [-0.2, 0) is 14.6 Å². The first-order valence-corrected chi connectivity index (χ1v) is 9.37. The monoisotopic (exact) mass is 329 g/mol. The Kier molecular flexibility index (Phi) is 5.20. The number of likely N-dealkylation sites (tertiary alicyclic amines) is 1. The fourth-order valence-corrected chi connectivity index (χ4v) is 4.12. The summed E-state index contributed by atoms with van der Waals surface area (Å²) in [6, 6.07) is 0. The van der Waals surface area contributed by atoms with Gasteiger partial charge in [-0.15, -0.1) is 0 Å². The smallest absolute Gasteiger partial charge is 0.240 e. The van der Waals surface area contributed by atoms with Crippen LogP contribution in [0.3, 0.4) is 0 Å². The van der Waals surface area contributed by atoms with Crippen LogP contribution in [0, 0.1) is 6.92 Å². The number of nitrogens with zero attached hydrogens (tertiary/aromatic N) is 3. The van der Waals surface area contributed by atoms with Gasteiger partial charge in [-0.1, -0.05) is 12.1 Å². The molecule has 8 heteroatoms. The van der Waals surface area contributed by atoms with E-state index in [2.05, 4.69) is 10.1 Å². The van der Waals surface area contributed by atoms with E-state index in [9.17, 15) is 13.2 Å². The molecule has 2 atom stereocenters. The van der Waals surface area contributed by atoms with Gasteiger partial charge in [0.15, 0.2) is 15.7 Å². The number of rotatable bonds is 5. The SMILES string of the molecule is CCCS(=O)(=O)[C@@H](C)C(=O)N1CCC[C@H](c2noc(C)n2)C1. The first-order valence-electron chi connectivity index (χ1n) is 7.65. The minimum absolute atomic E-state index is 0.0104. The quantitative estimate of drug-likeness (QED) is 0.808. The van der Waals surface area contributed by atoms with Gasteiger partial charge in [-0.2, -0.15) is 4.98 Å². The summed E-state index contributed by atoms with van der Waals surface area (Å²) in [5, 5.41) is 2.93. The Hall–Kier alpha value is -1.44. The summed E-state index contributed by atoms with van der Waals surface area (Å²) >= 11 is 0. The lowest BCUT2D eigenvalue weighted by Crippen LogP contribution is -2.46. The Bertz CT molecular complexity index is 626. The minimum Gasteiger partial charge on any atom is -0.341 e. The normalized spacial score (nSPS) is 20.9. The van der Waals surface area contributed by atoms with Gasteiger partial charge in [0.1, 0.15) is 5.25 Å². The van der Waals surface area contributed by atoms with Crippen molar-refractivity contribution in [2.24, 2.45) is 0 Å². The van der Waals surface area contributed by atoms with Gasteiger partial charge in [0, 0.05) is 25.9 Å². The zero-order valence-corrected chi connectivity index (χ0v) is 14.1. The van der Waals surface area contributed by atoms with Gasteiger partial charge < -0.3 is 9.42 Å². The molecule has 1 amide bonds. The molecule has 0 saturated carbocycles. The molecule has 0 aliphatic carbocycles. The Morgan fingerprint density at radius 3 is 2.82 bits per heavy atom. The average Bonchev–Trinajstić information content (AvgIpc) is 2.92. The number of amides is 1. The third kappa shape index (κ3) is 3.66. The maximum atomic E-state index is 12.5. The van der Waals surface area contributed by atoms with E-state index in [0.717, 1.165) is 12.8 Å². The lowest BCUT2D eigenvalue weighted by Gasteiger charge is -2.32. The molecule has 0 unspecified atom stereocenters. The number of hydrogen-bond acceptors (Lipinski definition) is 6.